The Morgan fingerprint density at radius 2 is 1.74 bits per heavy atom. The van der Waals surface area contributed by atoms with Crippen LogP contribution in [0, 0.1) is 0 Å². The molecule has 3 aromatic rings. The lowest BCUT2D eigenvalue weighted by Gasteiger charge is -2.09. The SMILES string of the molecule is O=C(O)COc1cc(-c2ccc(C(F)(F)F)cc2)n(-c2ccc(Cl)cc2)n1. The van der Waals surface area contributed by atoms with Gasteiger partial charge in [0.25, 0.3) is 0 Å². The molecular weight excluding hydrogens is 385 g/mol. The molecule has 9 heteroatoms. The van der Waals surface area contributed by atoms with Gasteiger partial charge in [0.1, 0.15) is 0 Å². The van der Waals surface area contributed by atoms with Gasteiger partial charge in [-0.05, 0) is 36.4 Å². The van der Waals surface area contributed by atoms with Gasteiger partial charge in [0.15, 0.2) is 6.61 Å². The standard InChI is InChI=1S/C18H12ClF3N2O3/c19-13-5-7-14(8-6-13)24-15(9-16(23-24)27-10-17(25)26)11-1-3-12(4-2-11)18(20,21)22/h1-9H,10H2,(H,25,26). The summed E-state index contributed by atoms with van der Waals surface area (Å²) in [7, 11) is 0. The first kappa shape index (κ1) is 18.8. The van der Waals surface area contributed by atoms with Gasteiger partial charge in [0.2, 0.25) is 5.88 Å². The number of carboxylic acid groups (broad SMARTS) is 1. The summed E-state index contributed by atoms with van der Waals surface area (Å²) < 4.78 is 44.9. The minimum atomic E-state index is -4.44. The third-order valence-electron chi connectivity index (χ3n) is 3.61. The van der Waals surface area contributed by atoms with Crippen molar-refractivity contribution in [2.75, 3.05) is 6.61 Å². The first-order valence-corrected chi connectivity index (χ1v) is 8.00. The Morgan fingerprint density at radius 1 is 1.11 bits per heavy atom. The Labute approximate surface area is 156 Å². The van der Waals surface area contributed by atoms with Gasteiger partial charge in [-0.2, -0.15) is 13.2 Å². The van der Waals surface area contributed by atoms with Gasteiger partial charge < -0.3 is 9.84 Å². The number of aromatic nitrogens is 2. The van der Waals surface area contributed by atoms with Gasteiger partial charge in [-0.15, -0.1) is 5.10 Å². The summed E-state index contributed by atoms with van der Waals surface area (Å²) in [6.45, 7) is -0.593. The van der Waals surface area contributed by atoms with Gasteiger partial charge in [0.05, 0.1) is 16.9 Å². The van der Waals surface area contributed by atoms with Crippen LogP contribution in [0.15, 0.2) is 54.6 Å². The zero-order valence-electron chi connectivity index (χ0n) is 13.6. The van der Waals surface area contributed by atoms with Crippen LogP contribution in [0.25, 0.3) is 16.9 Å². The number of aliphatic carboxylic acids is 1. The molecule has 0 saturated heterocycles. The Morgan fingerprint density at radius 3 is 2.30 bits per heavy atom. The van der Waals surface area contributed by atoms with Crippen molar-refractivity contribution in [3.63, 3.8) is 0 Å². The van der Waals surface area contributed by atoms with E-state index in [1.165, 1.54) is 22.9 Å². The van der Waals surface area contributed by atoms with Gasteiger partial charge in [-0.1, -0.05) is 23.7 Å². The summed E-state index contributed by atoms with van der Waals surface area (Å²) in [6, 6.07) is 12.6. The minimum Gasteiger partial charge on any atom is -0.479 e. The average Bonchev–Trinajstić information content (AvgIpc) is 3.04. The zero-order chi connectivity index (χ0) is 19.6. The molecule has 1 heterocycles. The van der Waals surface area contributed by atoms with Crippen LogP contribution in [-0.2, 0) is 11.0 Å². The van der Waals surface area contributed by atoms with Gasteiger partial charge in [-0.25, -0.2) is 9.48 Å². The Hall–Kier alpha value is -3.00. The monoisotopic (exact) mass is 396 g/mol. The number of benzene rings is 2. The normalized spacial score (nSPS) is 11.4. The lowest BCUT2D eigenvalue weighted by atomic mass is 10.1. The number of ether oxygens (including phenoxy) is 1. The van der Waals surface area contributed by atoms with Crippen LogP contribution >= 0.6 is 11.6 Å². The number of hydrogen-bond donors (Lipinski definition) is 1. The summed E-state index contributed by atoms with van der Waals surface area (Å²) in [4.78, 5) is 10.7. The summed E-state index contributed by atoms with van der Waals surface area (Å²) in [5.41, 5.74) is 0.702. The molecule has 0 aliphatic heterocycles. The summed E-state index contributed by atoms with van der Waals surface area (Å²) in [6.07, 6.45) is -4.44. The van der Waals surface area contributed by atoms with Crippen molar-refractivity contribution in [1.29, 1.82) is 0 Å². The third kappa shape index (κ3) is 4.40. The van der Waals surface area contributed by atoms with Crippen LogP contribution in [0.5, 0.6) is 5.88 Å². The maximum atomic E-state index is 12.8. The van der Waals surface area contributed by atoms with E-state index in [1.807, 2.05) is 0 Å². The number of alkyl halides is 3. The predicted molar refractivity (Wildman–Crippen MR) is 92.1 cm³/mol. The van der Waals surface area contributed by atoms with Crippen molar-refractivity contribution in [3.05, 3.63) is 65.2 Å². The highest BCUT2D eigenvalue weighted by molar-refractivity contribution is 6.30. The number of hydrogen-bond acceptors (Lipinski definition) is 3. The lowest BCUT2D eigenvalue weighted by molar-refractivity contribution is -0.139. The van der Waals surface area contributed by atoms with E-state index in [4.69, 9.17) is 21.4 Å². The van der Waals surface area contributed by atoms with Crippen molar-refractivity contribution in [3.8, 4) is 22.8 Å². The maximum Gasteiger partial charge on any atom is 0.416 e. The molecule has 0 spiro atoms. The zero-order valence-corrected chi connectivity index (χ0v) is 14.3. The molecule has 1 N–H and O–H groups in total. The first-order chi connectivity index (χ1) is 12.7. The van der Waals surface area contributed by atoms with E-state index in [0.717, 1.165) is 12.1 Å². The molecule has 140 valence electrons. The number of carboxylic acids is 1. The van der Waals surface area contributed by atoms with E-state index < -0.39 is 24.3 Å². The quantitative estimate of drug-likeness (QED) is 0.680. The van der Waals surface area contributed by atoms with Gasteiger partial charge >= 0.3 is 12.1 Å². The molecular formula is C18H12ClF3N2O3. The molecule has 0 unspecified atom stereocenters. The van der Waals surface area contributed by atoms with Crippen LogP contribution < -0.4 is 4.74 Å². The summed E-state index contributed by atoms with van der Waals surface area (Å²) in [5, 5.41) is 13.4. The molecule has 0 aliphatic rings. The predicted octanol–water partition coefficient (Wildman–Crippen LogP) is 4.67. The fourth-order valence-electron chi connectivity index (χ4n) is 2.38. The van der Waals surface area contributed by atoms with Crippen molar-refractivity contribution >= 4 is 17.6 Å². The highest BCUT2D eigenvalue weighted by Crippen LogP contribution is 2.32. The van der Waals surface area contributed by atoms with Crippen molar-refractivity contribution in [2.45, 2.75) is 6.18 Å². The molecule has 3 rings (SSSR count). The molecule has 5 nitrogen and oxygen atoms in total. The maximum absolute atomic E-state index is 12.8. The minimum absolute atomic E-state index is 0.0299. The van der Waals surface area contributed by atoms with Gasteiger partial charge in [-0.3, -0.25) is 0 Å². The van der Waals surface area contributed by atoms with Crippen LogP contribution in [0.3, 0.4) is 0 Å². The largest absolute Gasteiger partial charge is 0.479 e. The Balaban J connectivity index is 2.04. The van der Waals surface area contributed by atoms with Crippen LogP contribution in [0.2, 0.25) is 5.02 Å². The topological polar surface area (TPSA) is 64.3 Å². The molecule has 0 amide bonds. The van der Waals surface area contributed by atoms with Crippen LogP contribution in [0.4, 0.5) is 13.2 Å². The summed E-state index contributed by atoms with van der Waals surface area (Å²) in [5.74, 6) is -1.14. The molecule has 0 fully saturated rings. The molecule has 0 saturated carbocycles. The van der Waals surface area contributed by atoms with Crippen molar-refractivity contribution in [1.82, 2.24) is 9.78 Å². The average molecular weight is 397 g/mol. The van der Waals surface area contributed by atoms with E-state index >= 15 is 0 Å². The molecule has 27 heavy (non-hydrogen) atoms. The Bertz CT molecular complexity index is 951. The fourth-order valence-corrected chi connectivity index (χ4v) is 2.51. The van der Waals surface area contributed by atoms with Crippen molar-refractivity contribution in [2.24, 2.45) is 0 Å². The van der Waals surface area contributed by atoms with Crippen LogP contribution in [-0.4, -0.2) is 27.5 Å². The molecule has 1 aromatic heterocycles. The van der Waals surface area contributed by atoms with E-state index in [-0.39, 0.29) is 5.88 Å². The van der Waals surface area contributed by atoms with E-state index in [9.17, 15) is 18.0 Å². The molecule has 0 atom stereocenters. The number of nitrogens with zero attached hydrogens (tertiary/aromatic N) is 2. The summed E-state index contributed by atoms with van der Waals surface area (Å²) >= 11 is 5.88. The molecule has 2 aromatic carbocycles. The number of halogens is 4. The third-order valence-corrected chi connectivity index (χ3v) is 3.86. The molecule has 0 aliphatic carbocycles. The number of carbonyl (C=O) groups is 1. The molecule has 0 bridgehead atoms. The van der Waals surface area contributed by atoms with E-state index in [2.05, 4.69) is 5.10 Å². The second-order valence-corrected chi connectivity index (χ2v) is 5.95. The first-order valence-electron chi connectivity index (χ1n) is 7.62. The number of rotatable bonds is 5. The lowest BCUT2D eigenvalue weighted by Crippen LogP contribution is -2.10. The van der Waals surface area contributed by atoms with E-state index in [1.54, 1.807) is 24.3 Å². The van der Waals surface area contributed by atoms with Gasteiger partial charge in [0, 0.05) is 16.7 Å². The highest BCUT2D eigenvalue weighted by Gasteiger charge is 2.30. The Kier molecular flexibility index (Phi) is 5.09. The van der Waals surface area contributed by atoms with Crippen LogP contribution in [0.1, 0.15) is 5.56 Å². The second kappa shape index (κ2) is 7.32. The van der Waals surface area contributed by atoms with Crippen molar-refractivity contribution < 1.29 is 27.8 Å². The van der Waals surface area contributed by atoms with E-state index in [0.29, 0.717) is 22.0 Å². The molecule has 0 radical (unpaired) electrons. The highest BCUT2D eigenvalue weighted by atomic mass is 35.5. The fraction of sp³-hybridized carbons (Fsp3) is 0.111. The smallest absolute Gasteiger partial charge is 0.416 e. The second-order valence-electron chi connectivity index (χ2n) is 5.51.